The lowest BCUT2D eigenvalue weighted by molar-refractivity contribution is 0.0375. The summed E-state index contributed by atoms with van der Waals surface area (Å²) in [7, 11) is 0. The fourth-order valence-corrected chi connectivity index (χ4v) is 4.10. The van der Waals surface area contributed by atoms with Crippen LogP contribution in [0.2, 0.25) is 0 Å². The smallest absolute Gasteiger partial charge is 0.119 e. The Morgan fingerprint density at radius 3 is 2.05 bits per heavy atom. The summed E-state index contributed by atoms with van der Waals surface area (Å²) in [6, 6.07) is 1.80. The van der Waals surface area contributed by atoms with Crippen molar-refractivity contribution in [3.05, 3.63) is 0 Å². The molecule has 0 bridgehead atoms. The van der Waals surface area contributed by atoms with Crippen molar-refractivity contribution < 1.29 is 8.78 Å². The number of rotatable bonds is 3. The number of halogens is 2. The summed E-state index contributed by atoms with van der Waals surface area (Å²) in [6.07, 6.45) is 5.54. The van der Waals surface area contributed by atoms with E-state index in [4.69, 9.17) is 5.26 Å². The predicted molar refractivity (Wildman–Crippen MR) is 72.0 cm³/mol. The predicted octanol–water partition coefficient (Wildman–Crippen LogP) is 4.82. The van der Waals surface area contributed by atoms with Crippen molar-refractivity contribution in [2.45, 2.75) is 70.6 Å². The van der Waals surface area contributed by atoms with Gasteiger partial charge in [-0.15, -0.1) is 0 Å². The summed E-state index contributed by atoms with van der Waals surface area (Å²) in [5, 5.41) is 8.79. The highest BCUT2D eigenvalue weighted by molar-refractivity contribution is 5.00. The Bertz CT molecular complexity index is 305. The van der Waals surface area contributed by atoms with E-state index in [1.807, 2.05) is 0 Å². The van der Waals surface area contributed by atoms with E-state index in [0.717, 1.165) is 18.8 Å². The van der Waals surface area contributed by atoms with Crippen LogP contribution in [-0.2, 0) is 0 Å². The maximum atomic E-state index is 13.8. The molecule has 0 amide bonds. The Morgan fingerprint density at radius 1 is 1.00 bits per heavy atom. The van der Waals surface area contributed by atoms with Gasteiger partial charge in [0.15, 0.2) is 0 Å². The van der Waals surface area contributed by atoms with E-state index >= 15 is 0 Å². The SMILES string of the molecule is CCCC1CCC(C2CC(F)C(C#N)C(F)C2)CC1. The van der Waals surface area contributed by atoms with E-state index in [9.17, 15) is 8.78 Å². The molecule has 0 aromatic heterocycles. The summed E-state index contributed by atoms with van der Waals surface area (Å²) in [6.45, 7) is 2.22. The Morgan fingerprint density at radius 2 is 1.58 bits per heavy atom. The molecule has 3 heteroatoms. The summed E-state index contributed by atoms with van der Waals surface area (Å²) in [5.74, 6) is 0.466. The van der Waals surface area contributed by atoms with E-state index in [0.29, 0.717) is 18.8 Å². The molecule has 2 saturated carbocycles. The van der Waals surface area contributed by atoms with E-state index in [2.05, 4.69) is 6.92 Å². The molecule has 0 aromatic rings. The van der Waals surface area contributed by atoms with Gasteiger partial charge in [0.25, 0.3) is 0 Å². The van der Waals surface area contributed by atoms with E-state index < -0.39 is 18.3 Å². The second-order valence-corrected chi connectivity index (χ2v) is 6.49. The molecular formula is C16H25F2N. The summed E-state index contributed by atoms with van der Waals surface area (Å²) >= 11 is 0. The van der Waals surface area contributed by atoms with Gasteiger partial charge in [0, 0.05) is 0 Å². The van der Waals surface area contributed by atoms with Gasteiger partial charge >= 0.3 is 0 Å². The minimum Gasteiger partial charge on any atom is -0.246 e. The Hall–Kier alpha value is -0.650. The second kappa shape index (κ2) is 6.68. The maximum absolute atomic E-state index is 13.8. The number of hydrogen-bond acceptors (Lipinski definition) is 1. The molecule has 0 aliphatic heterocycles. The average molecular weight is 269 g/mol. The van der Waals surface area contributed by atoms with Crippen LogP contribution in [0, 0.1) is 35.0 Å². The largest absolute Gasteiger partial charge is 0.246 e. The van der Waals surface area contributed by atoms with Crippen LogP contribution in [0.5, 0.6) is 0 Å². The molecular weight excluding hydrogens is 244 g/mol. The minimum absolute atomic E-state index is 0.164. The normalized spacial score (nSPS) is 43.7. The quantitative estimate of drug-likeness (QED) is 0.720. The van der Waals surface area contributed by atoms with Crippen molar-refractivity contribution in [3.63, 3.8) is 0 Å². The van der Waals surface area contributed by atoms with Crippen molar-refractivity contribution in [1.82, 2.24) is 0 Å². The van der Waals surface area contributed by atoms with Crippen molar-refractivity contribution in [3.8, 4) is 6.07 Å². The van der Waals surface area contributed by atoms with Crippen molar-refractivity contribution >= 4 is 0 Å². The number of nitrogens with zero attached hydrogens (tertiary/aromatic N) is 1. The average Bonchev–Trinajstić information content (AvgIpc) is 2.39. The Labute approximate surface area is 115 Å². The van der Waals surface area contributed by atoms with Gasteiger partial charge in [0.2, 0.25) is 0 Å². The van der Waals surface area contributed by atoms with Crippen molar-refractivity contribution in [2.75, 3.05) is 0 Å². The van der Waals surface area contributed by atoms with E-state index in [1.165, 1.54) is 25.7 Å². The number of hydrogen-bond donors (Lipinski definition) is 0. The molecule has 2 unspecified atom stereocenters. The zero-order valence-corrected chi connectivity index (χ0v) is 11.8. The summed E-state index contributed by atoms with van der Waals surface area (Å²) in [5.41, 5.74) is 0. The van der Waals surface area contributed by atoms with Crippen LogP contribution in [0.15, 0.2) is 0 Å². The van der Waals surface area contributed by atoms with Gasteiger partial charge in [-0.05, 0) is 43.4 Å². The minimum atomic E-state index is -1.26. The van der Waals surface area contributed by atoms with Gasteiger partial charge in [0.05, 0.1) is 6.07 Å². The highest BCUT2D eigenvalue weighted by atomic mass is 19.1. The van der Waals surface area contributed by atoms with Crippen LogP contribution in [0.1, 0.15) is 58.3 Å². The molecule has 19 heavy (non-hydrogen) atoms. The third-order valence-electron chi connectivity index (χ3n) is 5.24. The fraction of sp³-hybridized carbons (Fsp3) is 0.938. The van der Waals surface area contributed by atoms with Gasteiger partial charge in [-0.25, -0.2) is 8.78 Å². The number of alkyl halides is 2. The van der Waals surface area contributed by atoms with Crippen LogP contribution >= 0.6 is 0 Å². The van der Waals surface area contributed by atoms with Crippen LogP contribution in [0.4, 0.5) is 8.78 Å². The maximum Gasteiger partial charge on any atom is 0.119 e. The second-order valence-electron chi connectivity index (χ2n) is 6.49. The highest BCUT2D eigenvalue weighted by Gasteiger charge is 2.41. The molecule has 2 rings (SSSR count). The third-order valence-corrected chi connectivity index (χ3v) is 5.24. The standard InChI is InChI=1S/C16H25F2N/c1-2-3-11-4-6-12(7-5-11)13-8-15(17)14(10-19)16(18)9-13/h11-16H,2-9H2,1H3. The van der Waals surface area contributed by atoms with Crippen molar-refractivity contribution in [2.24, 2.45) is 23.7 Å². The first-order valence-electron chi connectivity index (χ1n) is 7.83. The van der Waals surface area contributed by atoms with Crippen LogP contribution in [0.25, 0.3) is 0 Å². The highest BCUT2D eigenvalue weighted by Crippen LogP contribution is 2.43. The Kier molecular flexibility index (Phi) is 5.19. The zero-order valence-electron chi connectivity index (χ0n) is 11.8. The monoisotopic (exact) mass is 269 g/mol. The molecule has 108 valence electrons. The topological polar surface area (TPSA) is 23.8 Å². The van der Waals surface area contributed by atoms with E-state index in [-0.39, 0.29) is 5.92 Å². The van der Waals surface area contributed by atoms with Gasteiger partial charge in [0.1, 0.15) is 18.3 Å². The first kappa shape index (κ1) is 14.8. The lowest BCUT2D eigenvalue weighted by atomic mass is 9.68. The van der Waals surface area contributed by atoms with Gasteiger partial charge in [-0.3, -0.25) is 0 Å². The molecule has 0 saturated heterocycles. The molecule has 0 spiro atoms. The van der Waals surface area contributed by atoms with Crippen LogP contribution in [0.3, 0.4) is 0 Å². The first-order valence-corrected chi connectivity index (χ1v) is 7.83. The summed E-state index contributed by atoms with van der Waals surface area (Å²) < 4.78 is 27.7. The molecule has 2 aliphatic carbocycles. The first-order chi connectivity index (χ1) is 9.15. The number of nitriles is 1. The molecule has 0 aromatic carbocycles. The third kappa shape index (κ3) is 3.46. The molecule has 0 heterocycles. The lowest BCUT2D eigenvalue weighted by Gasteiger charge is -2.39. The van der Waals surface area contributed by atoms with Gasteiger partial charge in [-0.2, -0.15) is 5.26 Å². The zero-order chi connectivity index (χ0) is 13.8. The molecule has 0 N–H and O–H groups in total. The van der Waals surface area contributed by atoms with E-state index in [1.54, 1.807) is 6.07 Å². The Balaban J connectivity index is 1.86. The summed E-state index contributed by atoms with van der Waals surface area (Å²) in [4.78, 5) is 0. The van der Waals surface area contributed by atoms with Crippen LogP contribution < -0.4 is 0 Å². The fourth-order valence-electron chi connectivity index (χ4n) is 4.10. The lowest BCUT2D eigenvalue weighted by Crippen LogP contribution is -2.38. The molecule has 2 aliphatic rings. The molecule has 2 atom stereocenters. The van der Waals surface area contributed by atoms with Crippen LogP contribution in [-0.4, -0.2) is 12.3 Å². The molecule has 1 nitrogen and oxygen atoms in total. The van der Waals surface area contributed by atoms with Crippen molar-refractivity contribution in [1.29, 1.82) is 5.26 Å². The molecule has 0 radical (unpaired) electrons. The van der Waals surface area contributed by atoms with Gasteiger partial charge < -0.3 is 0 Å². The molecule has 2 fully saturated rings. The van der Waals surface area contributed by atoms with Gasteiger partial charge in [-0.1, -0.05) is 32.6 Å².